The predicted octanol–water partition coefficient (Wildman–Crippen LogP) is 3.88. The molecule has 2 rings (SSSR count). The van der Waals surface area contributed by atoms with Gasteiger partial charge in [-0.25, -0.2) is 0 Å². The van der Waals surface area contributed by atoms with E-state index in [-0.39, 0.29) is 30.3 Å². The van der Waals surface area contributed by atoms with Gasteiger partial charge in [0.1, 0.15) is 0 Å². The molecule has 1 amide bonds. The Bertz CT molecular complexity index is 617. The number of aryl methyl sites for hydroxylation is 2. The quantitative estimate of drug-likeness (QED) is 0.615. The number of benzene rings is 1. The van der Waals surface area contributed by atoms with Gasteiger partial charge in [-0.2, -0.15) is 0 Å². The summed E-state index contributed by atoms with van der Waals surface area (Å²) in [5.74, 6) is 0.750. The van der Waals surface area contributed by atoms with Crippen molar-refractivity contribution in [1.82, 2.24) is 5.32 Å². The minimum Gasteiger partial charge on any atom is -0.455 e. The molecule has 0 aliphatic heterocycles. The maximum atomic E-state index is 12.0. The van der Waals surface area contributed by atoms with Crippen molar-refractivity contribution >= 4 is 23.6 Å². The lowest BCUT2D eigenvalue weighted by Crippen LogP contribution is -2.45. The van der Waals surface area contributed by atoms with E-state index in [1.54, 1.807) is 0 Å². The van der Waals surface area contributed by atoms with Gasteiger partial charge in [-0.05, 0) is 43.7 Å². The molecule has 25 heavy (non-hydrogen) atoms. The summed E-state index contributed by atoms with van der Waals surface area (Å²) in [7, 11) is 0. The third-order valence-electron chi connectivity index (χ3n) is 5.11. The van der Waals surface area contributed by atoms with Gasteiger partial charge in [0.05, 0.1) is 5.75 Å². The smallest absolute Gasteiger partial charge is 0.316 e. The molecule has 3 atom stereocenters. The number of hydrogen-bond acceptors (Lipinski definition) is 4. The van der Waals surface area contributed by atoms with Gasteiger partial charge in [0.25, 0.3) is 5.91 Å². The van der Waals surface area contributed by atoms with Crippen molar-refractivity contribution in [3.8, 4) is 0 Å². The van der Waals surface area contributed by atoms with E-state index in [0.29, 0.717) is 11.8 Å². The Morgan fingerprint density at radius 1 is 1.24 bits per heavy atom. The molecular weight excluding hydrogens is 334 g/mol. The third kappa shape index (κ3) is 6.07. The summed E-state index contributed by atoms with van der Waals surface area (Å²) >= 11 is 1.45. The second-order valence-electron chi connectivity index (χ2n) is 7.16. The average molecular weight is 364 g/mol. The number of amides is 1. The number of carbonyl (C=O) groups is 2. The van der Waals surface area contributed by atoms with E-state index in [1.165, 1.54) is 18.2 Å². The lowest BCUT2D eigenvalue weighted by atomic mass is 9.78. The molecule has 0 bridgehead atoms. The zero-order chi connectivity index (χ0) is 18.4. The van der Waals surface area contributed by atoms with Crippen LogP contribution in [0, 0.1) is 25.7 Å². The Morgan fingerprint density at radius 3 is 2.76 bits per heavy atom. The molecular formula is C20H29NO3S. The molecule has 4 nitrogen and oxygen atoms in total. The normalized spacial score (nSPS) is 23.1. The molecule has 5 heteroatoms. The summed E-state index contributed by atoms with van der Waals surface area (Å²) in [6.07, 6.45) is 3.37. The second kappa shape index (κ2) is 9.27. The van der Waals surface area contributed by atoms with E-state index in [0.717, 1.165) is 28.9 Å². The lowest BCUT2D eigenvalue weighted by molar-refractivity contribution is -0.146. The van der Waals surface area contributed by atoms with E-state index < -0.39 is 0 Å². The largest absolute Gasteiger partial charge is 0.455 e. The van der Waals surface area contributed by atoms with Gasteiger partial charge in [-0.15, -0.1) is 11.8 Å². The number of nitrogens with one attached hydrogen (secondary N) is 1. The molecule has 1 aliphatic rings. The highest BCUT2D eigenvalue weighted by atomic mass is 32.2. The summed E-state index contributed by atoms with van der Waals surface area (Å²) in [6.45, 7) is 8.27. The van der Waals surface area contributed by atoms with Crippen LogP contribution >= 0.6 is 11.8 Å². The molecule has 1 aliphatic carbocycles. The topological polar surface area (TPSA) is 55.4 Å². The SMILES string of the molecule is Cc1ccc(C)c(SCC(=O)OCC(=O)N[C@H]2CCC[C@@H](C)[C@@H]2C)c1. The number of esters is 1. The standard InChI is InChI=1S/C20H29NO3S/c1-13-8-9-15(3)18(10-13)25-12-20(23)24-11-19(22)21-17-7-5-6-14(2)16(17)4/h8-10,14,16-17H,5-7,11-12H2,1-4H3,(H,21,22)/t14-,16+,17+/m1/s1. The Morgan fingerprint density at radius 2 is 2.00 bits per heavy atom. The van der Waals surface area contributed by atoms with Crippen molar-refractivity contribution in [3.05, 3.63) is 29.3 Å². The highest BCUT2D eigenvalue weighted by Gasteiger charge is 2.28. The molecule has 1 aromatic rings. The zero-order valence-corrected chi connectivity index (χ0v) is 16.4. The third-order valence-corrected chi connectivity index (χ3v) is 6.24. The monoisotopic (exact) mass is 363 g/mol. The van der Waals surface area contributed by atoms with Gasteiger partial charge in [0.15, 0.2) is 6.61 Å². The van der Waals surface area contributed by atoms with E-state index in [1.807, 2.05) is 19.9 Å². The van der Waals surface area contributed by atoms with Crippen molar-refractivity contribution in [2.45, 2.75) is 57.9 Å². The highest BCUT2D eigenvalue weighted by molar-refractivity contribution is 8.00. The molecule has 1 aromatic carbocycles. The molecule has 0 heterocycles. The highest BCUT2D eigenvalue weighted by Crippen LogP contribution is 2.29. The van der Waals surface area contributed by atoms with Crippen molar-refractivity contribution < 1.29 is 14.3 Å². The maximum absolute atomic E-state index is 12.0. The van der Waals surface area contributed by atoms with Crippen LogP contribution in [0.3, 0.4) is 0 Å². The number of thioether (sulfide) groups is 1. The average Bonchev–Trinajstić information content (AvgIpc) is 2.58. The first-order chi connectivity index (χ1) is 11.9. The number of rotatable bonds is 6. The molecule has 0 aromatic heterocycles. The fourth-order valence-electron chi connectivity index (χ4n) is 3.22. The summed E-state index contributed by atoms with van der Waals surface area (Å²) in [5.41, 5.74) is 2.30. The number of carbonyl (C=O) groups excluding carboxylic acids is 2. The van der Waals surface area contributed by atoms with Crippen LogP contribution in [0.5, 0.6) is 0 Å². The van der Waals surface area contributed by atoms with Gasteiger partial charge in [-0.3, -0.25) is 9.59 Å². The number of hydrogen-bond donors (Lipinski definition) is 1. The molecule has 0 radical (unpaired) electrons. The molecule has 138 valence electrons. The van der Waals surface area contributed by atoms with Crippen LogP contribution < -0.4 is 5.32 Å². The van der Waals surface area contributed by atoms with Gasteiger partial charge in [-0.1, -0.05) is 44.4 Å². The minimum atomic E-state index is -0.355. The van der Waals surface area contributed by atoms with Gasteiger partial charge in [0, 0.05) is 10.9 Å². The summed E-state index contributed by atoms with van der Waals surface area (Å²) in [5, 5.41) is 3.02. The van der Waals surface area contributed by atoms with Crippen molar-refractivity contribution in [2.24, 2.45) is 11.8 Å². The first kappa shape index (κ1) is 19.8. The zero-order valence-electron chi connectivity index (χ0n) is 15.6. The molecule has 0 unspecified atom stereocenters. The van der Waals surface area contributed by atoms with Crippen LogP contribution in [0.25, 0.3) is 0 Å². The van der Waals surface area contributed by atoms with Crippen molar-refractivity contribution in [3.63, 3.8) is 0 Å². The van der Waals surface area contributed by atoms with E-state index in [2.05, 4.69) is 31.3 Å². The Balaban J connectivity index is 1.72. The molecule has 1 N–H and O–H groups in total. The van der Waals surface area contributed by atoms with Gasteiger partial charge < -0.3 is 10.1 Å². The van der Waals surface area contributed by atoms with Crippen LogP contribution in [0.2, 0.25) is 0 Å². The van der Waals surface area contributed by atoms with E-state index in [9.17, 15) is 9.59 Å². The van der Waals surface area contributed by atoms with Crippen LogP contribution in [-0.4, -0.2) is 30.3 Å². The fourth-order valence-corrected chi connectivity index (χ4v) is 4.14. The minimum absolute atomic E-state index is 0.191. The Kier molecular flexibility index (Phi) is 7.36. The first-order valence-electron chi connectivity index (χ1n) is 9.02. The molecule has 1 saturated carbocycles. The summed E-state index contributed by atoms with van der Waals surface area (Å²) < 4.78 is 5.13. The molecule has 1 fully saturated rings. The van der Waals surface area contributed by atoms with Crippen molar-refractivity contribution in [1.29, 1.82) is 0 Å². The number of ether oxygens (including phenoxy) is 1. The Labute approximate surface area is 155 Å². The van der Waals surface area contributed by atoms with E-state index >= 15 is 0 Å². The maximum Gasteiger partial charge on any atom is 0.316 e. The first-order valence-corrected chi connectivity index (χ1v) is 10.0. The van der Waals surface area contributed by atoms with E-state index in [4.69, 9.17) is 4.74 Å². The lowest BCUT2D eigenvalue weighted by Gasteiger charge is -2.34. The van der Waals surface area contributed by atoms with Crippen LogP contribution in [0.4, 0.5) is 0 Å². The van der Waals surface area contributed by atoms with Crippen LogP contribution in [0.1, 0.15) is 44.2 Å². The summed E-state index contributed by atoms with van der Waals surface area (Å²) in [4.78, 5) is 25.0. The van der Waals surface area contributed by atoms with Crippen LogP contribution in [0.15, 0.2) is 23.1 Å². The fraction of sp³-hybridized carbons (Fsp3) is 0.600. The van der Waals surface area contributed by atoms with Crippen molar-refractivity contribution in [2.75, 3.05) is 12.4 Å². The van der Waals surface area contributed by atoms with Gasteiger partial charge in [0.2, 0.25) is 0 Å². The second-order valence-corrected chi connectivity index (χ2v) is 8.18. The molecule has 0 spiro atoms. The molecule has 0 saturated heterocycles. The van der Waals surface area contributed by atoms with Gasteiger partial charge >= 0.3 is 5.97 Å². The van der Waals surface area contributed by atoms with Crippen LogP contribution in [-0.2, 0) is 14.3 Å². The predicted molar refractivity (Wildman–Crippen MR) is 102 cm³/mol. The Hall–Kier alpha value is -1.49. The summed E-state index contributed by atoms with van der Waals surface area (Å²) in [6, 6.07) is 6.35.